The molecule has 150 valence electrons. The molecule has 1 amide bonds. The van der Waals surface area contributed by atoms with Crippen molar-refractivity contribution in [2.75, 3.05) is 13.1 Å². The molecule has 7 heteroatoms. The summed E-state index contributed by atoms with van der Waals surface area (Å²) in [4.78, 5) is 35.7. The summed E-state index contributed by atoms with van der Waals surface area (Å²) in [7, 11) is 0. The quantitative estimate of drug-likeness (QED) is 0.568. The number of H-pyrrole nitrogens is 1. The number of aromatic nitrogens is 5. The number of amides is 1. The second-order valence-electron chi connectivity index (χ2n) is 7.69. The number of nitrogens with zero attached hydrogens (tertiary/aromatic N) is 5. The number of carbonyl (C=O) groups is 1. The molecule has 0 aliphatic carbocycles. The lowest BCUT2D eigenvalue weighted by atomic mass is 9.93. The second kappa shape index (κ2) is 8.02. The van der Waals surface area contributed by atoms with Crippen LogP contribution in [0.1, 0.15) is 29.0 Å². The third-order valence-electron chi connectivity index (χ3n) is 5.59. The van der Waals surface area contributed by atoms with Gasteiger partial charge in [0.05, 0.1) is 5.52 Å². The Labute approximate surface area is 174 Å². The molecular formula is C23H22N6O. The number of rotatable bonds is 4. The number of benzene rings is 1. The highest BCUT2D eigenvalue weighted by Gasteiger charge is 2.26. The van der Waals surface area contributed by atoms with Gasteiger partial charge in [0.1, 0.15) is 17.7 Å². The van der Waals surface area contributed by atoms with Gasteiger partial charge >= 0.3 is 0 Å². The Morgan fingerprint density at radius 3 is 2.97 bits per heavy atom. The molecule has 1 saturated heterocycles. The van der Waals surface area contributed by atoms with E-state index in [0.29, 0.717) is 18.2 Å². The first-order chi connectivity index (χ1) is 14.8. The minimum Gasteiger partial charge on any atom is -0.343 e. The van der Waals surface area contributed by atoms with E-state index in [9.17, 15) is 4.79 Å². The summed E-state index contributed by atoms with van der Waals surface area (Å²) in [6.45, 7) is 1.48. The topological polar surface area (TPSA) is 87.7 Å². The molecule has 0 unspecified atom stereocenters. The van der Waals surface area contributed by atoms with E-state index in [1.807, 2.05) is 47.4 Å². The Balaban J connectivity index is 1.30. The Bertz CT molecular complexity index is 1170. The van der Waals surface area contributed by atoms with Crippen LogP contribution in [-0.4, -0.2) is 48.8 Å². The average molecular weight is 398 g/mol. The van der Waals surface area contributed by atoms with E-state index in [4.69, 9.17) is 0 Å². The molecule has 0 radical (unpaired) electrons. The molecule has 7 nitrogen and oxygen atoms in total. The van der Waals surface area contributed by atoms with Crippen LogP contribution in [-0.2, 0) is 6.42 Å². The summed E-state index contributed by atoms with van der Waals surface area (Å²) in [6, 6.07) is 13.6. The molecule has 1 aliphatic rings. The van der Waals surface area contributed by atoms with Crippen LogP contribution in [0.5, 0.6) is 0 Å². The number of piperidine rings is 1. The van der Waals surface area contributed by atoms with E-state index in [0.717, 1.165) is 53.9 Å². The van der Waals surface area contributed by atoms with Gasteiger partial charge in [-0.3, -0.25) is 4.79 Å². The fraction of sp³-hybridized carbons (Fsp3) is 0.261. The van der Waals surface area contributed by atoms with Gasteiger partial charge in [-0.05, 0) is 43.4 Å². The van der Waals surface area contributed by atoms with Crippen molar-refractivity contribution >= 4 is 16.8 Å². The number of nitrogens with one attached hydrogen (secondary N) is 1. The van der Waals surface area contributed by atoms with E-state index in [1.165, 1.54) is 0 Å². The Kier molecular flexibility index (Phi) is 4.93. The standard InChI is InChI=1S/C23H22N6O/c30-23(20-8-7-17-5-1-2-6-19(17)28-20)29-11-3-4-16(14-29)12-18-13-21(27-15-26-18)22-24-9-10-25-22/h1-2,5-10,13,15-16H,3-4,11-12,14H2,(H,24,25)/t16-/m0/s1. The molecule has 30 heavy (non-hydrogen) atoms. The molecule has 0 spiro atoms. The fourth-order valence-electron chi connectivity index (χ4n) is 4.10. The van der Waals surface area contributed by atoms with Crippen molar-refractivity contribution in [3.63, 3.8) is 0 Å². The molecule has 4 aromatic rings. The molecule has 1 aliphatic heterocycles. The highest BCUT2D eigenvalue weighted by atomic mass is 16.2. The van der Waals surface area contributed by atoms with Crippen LogP contribution < -0.4 is 0 Å². The zero-order valence-electron chi connectivity index (χ0n) is 16.5. The number of likely N-dealkylation sites (tertiary alicyclic amines) is 1. The van der Waals surface area contributed by atoms with E-state index in [1.54, 1.807) is 18.7 Å². The monoisotopic (exact) mass is 398 g/mol. The molecule has 0 bridgehead atoms. The number of imidazole rings is 1. The predicted octanol–water partition coefficient (Wildman–Crippen LogP) is 3.51. The zero-order valence-corrected chi connectivity index (χ0v) is 16.5. The smallest absolute Gasteiger partial charge is 0.272 e. The molecule has 5 rings (SSSR count). The van der Waals surface area contributed by atoms with Crippen molar-refractivity contribution < 1.29 is 4.79 Å². The third kappa shape index (κ3) is 3.78. The highest BCUT2D eigenvalue weighted by molar-refractivity contribution is 5.95. The van der Waals surface area contributed by atoms with Crippen LogP contribution in [0.25, 0.3) is 22.4 Å². The van der Waals surface area contributed by atoms with Gasteiger partial charge in [-0.2, -0.15) is 0 Å². The molecule has 1 aromatic carbocycles. The molecule has 1 fully saturated rings. The summed E-state index contributed by atoms with van der Waals surface area (Å²) < 4.78 is 0. The number of aromatic amines is 1. The molecule has 4 heterocycles. The molecular weight excluding hydrogens is 376 g/mol. The molecule has 1 N–H and O–H groups in total. The summed E-state index contributed by atoms with van der Waals surface area (Å²) in [6.07, 6.45) is 7.95. The van der Waals surface area contributed by atoms with Gasteiger partial charge in [-0.15, -0.1) is 0 Å². The first-order valence-corrected chi connectivity index (χ1v) is 10.2. The fourth-order valence-corrected chi connectivity index (χ4v) is 4.10. The van der Waals surface area contributed by atoms with Crippen LogP contribution in [0.2, 0.25) is 0 Å². The number of hydrogen-bond donors (Lipinski definition) is 1. The minimum atomic E-state index is 0.00409. The number of pyridine rings is 1. The van der Waals surface area contributed by atoms with E-state index < -0.39 is 0 Å². The van der Waals surface area contributed by atoms with Gasteiger partial charge in [0.15, 0.2) is 5.82 Å². The first-order valence-electron chi connectivity index (χ1n) is 10.2. The van der Waals surface area contributed by atoms with Gasteiger partial charge in [0, 0.05) is 36.6 Å². The maximum atomic E-state index is 13.1. The minimum absolute atomic E-state index is 0.00409. The largest absolute Gasteiger partial charge is 0.343 e. The zero-order chi connectivity index (χ0) is 20.3. The Morgan fingerprint density at radius 2 is 2.07 bits per heavy atom. The van der Waals surface area contributed by atoms with Crippen molar-refractivity contribution in [3.05, 3.63) is 72.6 Å². The number of hydrogen-bond acceptors (Lipinski definition) is 5. The van der Waals surface area contributed by atoms with Gasteiger partial charge in [-0.25, -0.2) is 19.9 Å². The highest BCUT2D eigenvalue weighted by Crippen LogP contribution is 2.23. The number of para-hydroxylation sites is 1. The second-order valence-corrected chi connectivity index (χ2v) is 7.69. The normalized spacial score (nSPS) is 16.7. The van der Waals surface area contributed by atoms with Crippen LogP contribution >= 0.6 is 0 Å². The molecule has 0 saturated carbocycles. The lowest BCUT2D eigenvalue weighted by Gasteiger charge is -2.32. The maximum Gasteiger partial charge on any atom is 0.272 e. The van der Waals surface area contributed by atoms with Crippen LogP contribution in [0.4, 0.5) is 0 Å². The van der Waals surface area contributed by atoms with Gasteiger partial charge < -0.3 is 9.88 Å². The number of carbonyl (C=O) groups excluding carboxylic acids is 1. The summed E-state index contributed by atoms with van der Waals surface area (Å²) in [5.41, 5.74) is 3.12. The number of fused-ring (bicyclic) bond motifs is 1. The Hall–Kier alpha value is -3.61. The summed E-state index contributed by atoms with van der Waals surface area (Å²) in [5, 5.41) is 1.04. The lowest BCUT2D eigenvalue weighted by molar-refractivity contribution is 0.0667. The van der Waals surface area contributed by atoms with Crippen molar-refractivity contribution in [2.45, 2.75) is 19.3 Å². The molecule has 3 aromatic heterocycles. The predicted molar refractivity (Wildman–Crippen MR) is 114 cm³/mol. The van der Waals surface area contributed by atoms with Crippen molar-refractivity contribution in [3.8, 4) is 11.5 Å². The molecule has 1 atom stereocenters. The average Bonchev–Trinajstić information content (AvgIpc) is 3.34. The SMILES string of the molecule is O=C(c1ccc2ccccc2n1)N1CCC[C@@H](Cc2cc(-c3ncc[nH]3)ncn2)C1. The van der Waals surface area contributed by atoms with Crippen LogP contribution in [0, 0.1) is 5.92 Å². The third-order valence-corrected chi connectivity index (χ3v) is 5.59. The van der Waals surface area contributed by atoms with Gasteiger partial charge in [-0.1, -0.05) is 24.3 Å². The van der Waals surface area contributed by atoms with Crippen molar-refractivity contribution in [1.82, 2.24) is 29.8 Å². The van der Waals surface area contributed by atoms with E-state index in [2.05, 4.69) is 24.9 Å². The van der Waals surface area contributed by atoms with E-state index >= 15 is 0 Å². The van der Waals surface area contributed by atoms with Crippen LogP contribution in [0.3, 0.4) is 0 Å². The van der Waals surface area contributed by atoms with Gasteiger partial charge in [0.25, 0.3) is 5.91 Å². The lowest BCUT2D eigenvalue weighted by Crippen LogP contribution is -2.40. The van der Waals surface area contributed by atoms with Crippen molar-refractivity contribution in [2.24, 2.45) is 5.92 Å². The Morgan fingerprint density at radius 1 is 1.13 bits per heavy atom. The maximum absolute atomic E-state index is 13.1. The van der Waals surface area contributed by atoms with Crippen LogP contribution in [0.15, 0.2) is 61.2 Å². The van der Waals surface area contributed by atoms with E-state index in [-0.39, 0.29) is 5.91 Å². The van der Waals surface area contributed by atoms with Gasteiger partial charge in [0.2, 0.25) is 0 Å². The first kappa shape index (κ1) is 18.4. The van der Waals surface area contributed by atoms with Crippen molar-refractivity contribution in [1.29, 1.82) is 0 Å². The summed E-state index contributed by atoms with van der Waals surface area (Å²) in [5.74, 6) is 1.10. The summed E-state index contributed by atoms with van der Waals surface area (Å²) >= 11 is 0.